The standard InChI is InChI=1S/C17H26O/c1-5-16(9-7-13-18)10-12-17(4)11-6-8-14(2)15(17)3/h13-14H,1,3,6-12H2,2,4H3/t14?,17-/m0/s1. The first-order valence-electron chi connectivity index (χ1n) is 7.04. The first-order chi connectivity index (χ1) is 8.53. The van der Waals surface area contributed by atoms with Gasteiger partial charge in [0, 0.05) is 6.42 Å². The molecule has 0 N–H and O–H groups in total. The summed E-state index contributed by atoms with van der Waals surface area (Å²) in [4.78, 5) is 10.4. The van der Waals surface area contributed by atoms with Crippen molar-refractivity contribution in [2.24, 2.45) is 11.3 Å². The van der Waals surface area contributed by atoms with Gasteiger partial charge >= 0.3 is 0 Å². The third-order valence-electron chi connectivity index (χ3n) is 4.53. The fraction of sp³-hybridized carbons (Fsp3) is 0.647. The van der Waals surface area contributed by atoms with Gasteiger partial charge in [-0.3, -0.25) is 0 Å². The van der Waals surface area contributed by atoms with E-state index in [2.05, 4.69) is 32.7 Å². The van der Waals surface area contributed by atoms with E-state index < -0.39 is 0 Å². The third kappa shape index (κ3) is 3.71. The van der Waals surface area contributed by atoms with E-state index in [9.17, 15) is 4.79 Å². The van der Waals surface area contributed by atoms with Crippen molar-refractivity contribution < 1.29 is 4.79 Å². The molecule has 1 rings (SSSR count). The largest absolute Gasteiger partial charge is 0.303 e. The average Bonchev–Trinajstić information content (AvgIpc) is 2.36. The van der Waals surface area contributed by atoms with Crippen molar-refractivity contribution in [3.63, 3.8) is 0 Å². The first kappa shape index (κ1) is 15.0. The molecule has 0 radical (unpaired) electrons. The van der Waals surface area contributed by atoms with E-state index in [4.69, 9.17) is 0 Å². The zero-order valence-corrected chi connectivity index (χ0v) is 11.9. The molecule has 0 aromatic carbocycles. The lowest BCUT2D eigenvalue weighted by Gasteiger charge is -2.40. The van der Waals surface area contributed by atoms with Crippen LogP contribution in [0.2, 0.25) is 0 Å². The molecule has 18 heavy (non-hydrogen) atoms. The maximum atomic E-state index is 10.4. The lowest BCUT2D eigenvalue weighted by atomic mass is 9.65. The van der Waals surface area contributed by atoms with E-state index >= 15 is 0 Å². The summed E-state index contributed by atoms with van der Waals surface area (Å²) < 4.78 is 0. The lowest BCUT2D eigenvalue weighted by Crippen LogP contribution is -2.27. The van der Waals surface area contributed by atoms with Crippen LogP contribution in [0.5, 0.6) is 0 Å². The topological polar surface area (TPSA) is 17.1 Å². The van der Waals surface area contributed by atoms with Crippen molar-refractivity contribution in [1.82, 2.24) is 0 Å². The summed E-state index contributed by atoms with van der Waals surface area (Å²) in [5, 5.41) is 0. The number of rotatable bonds is 6. The number of carbonyl (C=O) groups is 1. The Kier molecular flexibility index (Phi) is 5.62. The maximum absolute atomic E-state index is 10.4. The molecular weight excluding hydrogens is 220 g/mol. The summed E-state index contributed by atoms with van der Waals surface area (Å²) in [5.41, 5.74) is 5.86. The van der Waals surface area contributed by atoms with E-state index in [-0.39, 0.29) is 5.41 Å². The highest BCUT2D eigenvalue weighted by molar-refractivity contribution is 5.49. The highest BCUT2D eigenvalue weighted by atomic mass is 16.1. The summed E-state index contributed by atoms with van der Waals surface area (Å²) >= 11 is 0. The molecule has 1 unspecified atom stereocenters. The minimum Gasteiger partial charge on any atom is -0.303 e. The van der Waals surface area contributed by atoms with Crippen molar-refractivity contribution in [3.05, 3.63) is 30.0 Å². The third-order valence-corrected chi connectivity index (χ3v) is 4.53. The average molecular weight is 246 g/mol. The predicted octanol–water partition coefficient (Wildman–Crippen LogP) is 4.84. The molecule has 1 nitrogen and oxygen atoms in total. The van der Waals surface area contributed by atoms with Gasteiger partial charge in [-0.2, -0.15) is 0 Å². The Hall–Kier alpha value is -1.07. The molecular formula is C17H26O. The minimum absolute atomic E-state index is 0.265. The smallest absolute Gasteiger partial charge is 0.120 e. The van der Waals surface area contributed by atoms with Crippen molar-refractivity contribution in [3.8, 4) is 0 Å². The van der Waals surface area contributed by atoms with Crippen LogP contribution in [0, 0.1) is 11.3 Å². The van der Waals surface area contributed by atoms with Gasteiger partial charge in [-0.15, -0.1) is 5.73 Å². The van der Waals surface area contributed by atoms with Crippen molar-refractivity contribution in [2.45, 2.75) is 58.8 Å². The second-order valence-corrected chi connectivity index (χ2v) is 5.86. The SMILES string of the molecule is C=C=C(CCC=O)CC[C@]1(C)CCCC(C)C1=C. The fourth-order valence-electron chi connectivity index (χ4n) is 2.98. The van der Waals surface area contributed by atoms with Gasteiger partial charge in [0.2, 0.25) is 0 Å². The Balaban J connectivity index is 2.57. The fourth-order valence-corrected chi connectivity index (χ4v) is 2.98. The van der Waals surface area contributed by atoms with Crippen LogP contribution >= 0.6 is 0 Å². The van der Waals surface area contributed by atoms with E-state index in [1.807, 2.05) is 0 Å². The molecule has 1 saturated carbocycles. The quantitative estimate of drug-likeness (QED) is 0.372. The molecule has 0 aliphatic heterocycles. The second-order valence-electron chi connectivity index (χ2n) is 5.86. The molecule has 0 heterocycles. The molecule has 0 aromatic rings. The van der Waals surface area contributed by atoms with Gasteiger partial charge < -0.3 is 4.79 Å². The highest BCUT2D eigenvalue weighted by Crippen LogP contribution is 2.46. The van der Waals surface area contributed by atoms with E-state index in [1.165, 1.54) is 30.4 Å². The molecule has 0 amide bonds. The number of hydrogen-bond donors (Lipinski definition) is 0. The van der Waals surface area contributed by atoms with Crippen molar-refractivity contribution in [1.29, 1.82) is 0 Å². The first-order valence-corrected chi connectivity index (χ1v) is 7.04. The van der Waals surface area contributed by atoms with Crippen LogP contribution in [-0.4, -0.2) is 6.29 Å². The monoisotopic (exact) mass is 246 g/mol. The minimum atomic E-state index is 0.265. The van der Waals surface area contributed by atoms with E-state index in [0.717, 1.165) is 25.5 Å². The maximum Gasteiger partial charge on any atom is 0.120 e. The van der Waals surface area contributed by atoms with Crippen LogP contribution in [0.3, 0.4) is 0 Å². The summed E-state index contributed by atoms with van der Waals surface area (Å²) in [6.07, 6.45) is 8.32. The van der Waals surface area contributed by atoms with Gasteiger partial charge in [0.25, 0.3) is 0 Å². The molecule has 0 aromatic heterocycles. The zero-order valence-electron chi connectivity index (χ0n) is 11.9. The normalized spacial score (nSPS) is 27.7. The van der Waals surface area contributed by atoms with Gasteiger partial charge in [-0.1, -0.05) is 39.0 Å². The number of hydrogen-bond acceptors (Lipinski definition) is 1. The Bertz CT molecular complexity index is 360. The van der Waals surface area contributed by atoms with Crippen LogP contribution in [0.4, 0.5) is 0 Å². The van der Waals surface area contributed by atoms with Crippen molar-refractivity contribution >= 4 is 6.29 Å². The van der Waals surface area contributed by atoms with Crippen molar-refractivity contribution in [2.75, 3.05) is 0 Å². The van der Waals surface area contributed by atoms with Gasteiger partial charge in [0.15, 0.2) is 0 Å². The molecule has 1 heteroatoms. The molecule has 100 valence electrons. The van der Waals surface area contributed by atoms with E-state index in [1.54, 1.807) is 0 Å². The van der Waals surface area contributed by atoms with Crippen LogP contribution in [0.1, 0.15) is 58.8 Å². The number of aldehydes is 1. The highest BCUT2D eigenvalue weighted by Gasteiger charge is 2.33. The van der Waals surface area contributed by atoms with E-state index in [0.29, 0.717) is 12.3 Å². The zero-order chi connectivity index (χ0) is 13.6. The molecule has 1 aliphatic carbocycles. The number of carbonyl (C=O) groups excluding carboxylic acids is 1. The van der Waals surface area contributed by atoms with Crippen LogP contribution in [-0.2, 0) is 4.79 Å². The number of allylic oxidation sites excluding steroid dienone is 2. The molecule has 1 aliphatic rings. The van der Waals surface area contributed by atoms with Gasteiger partial charge in [-0.05, 0) is 49.0 Å². The Labute approximate surface area is 112 Å². The second kappa shape index (κ2) is 6.75. The summed E-state index contributed by atoms with van der Waals surface area (Å²) in [7, 11) is 0. The molecule has 0 spiro atoms. The lowest BCUT2D eigenvalue weighted by molar-refractivity contribution is -0.107. The summed E-state index contributed by atoms with van der Waals surface area (Å²) in [6, 6.07) is 0. The molecule has 2 atom stereocenters. The Morgan fingerprint density at radius 2 is 2.28 bits per heavy atom. The van der Waals surface area contributed by atoms with Crippen LogP contribution in [0.25, 0.3) is 0 Å². The van der Waals surface area contributed by atoms with Crippen LogP contribution in [0.15, 0.2) is 30.0 Å². The van der Waals surface area contributed by atoms with Gasteiger partial charge in [-0.25, -0.2) is 0 Å². The molecule has 0 bridgehead atoms. The molecule has 0 saturated heterocycles. The summed E-state index contributed by atoms with van der Waals surface area (Å²) in [5.74, 6) is 0.648. The molecule has 1 fully saturated rings. The van der Waals surface area contributed by atoms with Gasteiger partial charge in [0.1, 0.15) is 6.29 Å². The summed E-state index contributed by atoms with van der Waals surface area (Å²) in [6.45, 7) is 12.7. The Morgan fingerprint density at radius 1 is 1.56 bits per heavy atom. The van der Waals surface area contributed by atoms with Crippen LogP contribution < -0.4 is 0 Å². The van der Waals surface area contributed by atoms with Gasteiger partial charge in [0.05, 0.1) is 0 Å². The predicted molar refractivity (Wildman–Crippen MR) is 77.4 cm³/mol. The Morgan fingerprint density at radius 3 is 2.89 bits per heavy atom.